The van der Waals surface area contributed by atoms with Gasteiger partial charge in [0.15, 0.2) is 0 Å². The number of rotatable bonds is 4. The molecule has 14 heavy (non-hydrogen) atoms. The molecule has 0 saturated carbocycles. The highest BCUT2D eigenvalue weighted by Gasteiger charge is 2.07. The van der Waals surface area contributed by atoms with Gasteiger partial charge in [0, 0.05) is 22.8 Å². The topological polar surface area (TPSA) is 63.4 Å². The Bertz CT molecular complexity index is 341. The zero-order chi connectivity index (χ0) is 10.6. The lowest BCUT2D eigenvalue weighted by atomic mass is 10.2. The summed E-state index contributed by atoms with van der Waals surface area (Å²) in [4.78, 5) is 10.9. The molecule has 0 heterocycles. The van der Waals surface area contributed by atoms with E-state index < -0.39 is 4.92 Å². The number of aliphatic hydroxyl groups is 1. The van der Waals surface area contributed by atoms with E-state index in [9.17, 15) is 10.1 Å². The van der Waals surface area contributed by atoms with Gasteiger partial charge in [-0.2, -0.15) is 0 Å². The number of hydrogen-bond donors (Lipinski definition) is 1. The molecule has 0 atom stereocenters. The molecule has 0 aliphatic heterocycles. The van der Waals surface area contributed by atoms with Gasteiger partial charge in [0.2, 0.25) is 0 Å². The van der Waals surface area contributed by atoms with Crippen molar-refractivity contribution in [3.05, 3.63) is 33.9 Å². The van der Waals surface area contributed by atoms with Gasteiger partial charge in [-0.3, -0.25) is 10.1 Å². The third kappa shape index (κ3) is 3.01. The minimum atomic E-state index is -0.407. The van der Waals surface area contributed by atoms with E-state index in [-0.39, 0.29) is 12.3 Å². The van der Waals surface area contributed by atoms with E-state index in [2.05, 4.69) is 0 Å². The molecule has 76 valence electrons. The summed E-state index contributed by atoms with van der Waals surface area (Å²) >= 11 is 1.41. The highest BCUT2D eigenvalue weighted by atomic mass is 32.2. The predicted molar refractivity (Wildman–Crippen MR) is 55.6 cm³/mol. The first-order valence-electron chi connectivity index (χ1n) is 4.13. The second kappa shape index (κ2) is 4.97. The Hall–Kier alpha value is -1.07. The second-order valence-electron chi connectivity index (χ2n) is 2.83. The van der Waals surface area contributed by atoms with E-state index in [1.54, 1.807) is 0 Å². The number of nitro benzene ring substituents is 1. The van der Waals surface area contributed by atoms with E-state index >= 15 is 0 Å². The quantitative estimate of drug-likeness (QED) is 0.472. The van der Waals surface area contributed by atoms with Crippen molar-refractivity contribution in [1.82, 2.24) is 0 Å². The van der Waals surface area contributed by atoms with Gasteiger partial charge < -0.3 is 5.11 Å². The lowest BCUT2D eigenvalue weighted by Crippen LogP contribution is -1.91. The maximum Gasteiger partial charge on any atom is 0.270 e. The van der Waals surface area contributed by atoms with Gasteiger partial charge in [0.1, 0.15) is 0 Å². The number of aryl methyl sites for hydroxylation is 1. The Morgan fingerprint density at radius 3 is 2.79 bits per heavy atom. The van der Waals surface area contributed by atoms with Crippen LogP contribution < -0.4 is 0 Å². The summed E-state index contributed by atoms with van der Waals surface area (Å²) < 4.78 is 0. The molecule has 1 aromatic rings. The maximum absolute atomic E-state index is 10.5. The summed E-state index contributed by atoms with van der Waals surface area (Å²) in [7, 11) is 0. The normalized spacial score (nSPS) is 10.1. The Kier molecular flexibility index (Phi) is 3.91. The standard InChI is InChI=1S/C9H11NO3S/c1-7-4-8(10(12)13)6-9(5-7)14-3-2-11/h4-6,11H,2-3H2,1H3. The number of aliphatic hydroxyl groups excluding tert-OH is 1. The number of nitrogens with zero attached hydrogens (tertiary/aromatic N) is 1. The molecule has 0 fully saturated rings. The molecular formula is C9H11NO3S. The van der Waals surface area contributed by atoms with E-state index in [0.717, 1.165) is 10.5 Å². The fourth-order valence-corrected chi connectivity index (χ4v) is 1.88. The van der Waals surface area contributed by atoms with E-state index in [4.69, 9.17) is 5.11 Å². The summed E-state index contributed by atoms with van der Waals surface area (Å²) in [6.07, 6.45) is 0. The second-order valence-corrected chi connectivity index (χ2v) is 4.00. The van der Waals surface area contributed by atoms with Crippen LogP contribution in [0.4, 0.5) is 5.69 Å². The Balaban J connectivity index is 2.89. The third-order valence-electron chi connectivity index (χ3n) is 1.61. The Labute approximate surface area is 86.1 Å². The van der Waals surface area contributed by atoms with Crippen molar-refractivity contribution in [3.63, 3.8) is 0 Å². The van der Waals surface area contributed by atoms with Gasteiger partial charge in [-0.1, -0.05) is 0 Å². The Morgan fingerprint density at radius 1 is 1.50 bits per heavy atom. The lowest BCUT2D eigenvalue weighted by molar-refractivity contribution is -0.385. The first-order chi connectivity index (χ1) is 6.63. The van der Waals surface area contributed by atoms with Crippen molar-refractivity contribution in [2.24, 2.45) is 0 Å². The first-order valence-corrected chi connectivity index (χ1v) is 5.12. The zero-order valence-corrected chi connectivity index (χ0v) is 8.58. The van der Waals surface area contributed by atoms with Gasteiger partial charge in [-0.15, -0.1) is 11.8 Å². The molecule has 1 rings (SSSR count). The highest BCUT2D eigenvalue weighted by molar-refractivity contribution is 7.99. The molecule has 0 saturated heterocycles. The van der Waals surface area contributed by atoms with Crippen LogP contribution in [0.5, 0.6) is 0 Å². The van der Waals surface area contributed by atoms with Crippen LogP contribution in [0, 0.1) is 17.0 Å². The van der Waals surface area contributed by atoms with Crippen LogP contribution in [-0.2, 0) is 0 Å². The third-order valence-corrected chi connectivity index (χ3v) is 2.56. The van der Waals surface area contributed by atoms with Crippen molar-refractivity contribution in [2.75, 3.05) is 12.4 Å². The summed E-state index contributed by atoms with van der Waals surface area (Å²) in [6.45, 7) is 1.89. The predicted octanol–water partition coefficient (Wildman–Crippen LogP) is 1.99. The molecule has 4 nitrogen and oxygen atoms in total. The molecule has 5 heteroatoms. The van der Waals surface area contributed by atoms with Crippen molar-refractivity contribution in [2.45, 2.75) is 11.8 Å². The molecule has 0 amide bonds. The largest absolute Gasteiger partial charge is 0.396 e. The molecule has 0 unspecified atom stereocenters. The van der Waals surface area contributed by atoms with Crippen LogP contribution in [0.2, 0.25) is 0 Å². The van der Waals surface area contributed by atoms with Crippen LogP contribution in [0.25, 0.3) is 0 Å². The molecule has 1 N–H and O–H groups in total. The Morgan fingerprint density at radius 2 is 2.21 bits per heavy atom. The molecule has 0 spiro atoms. The minimum Gasteiger partial charge on any atom is -0.396 e. The van der Waals surface area contributed by atoms with Crippen molar-refractivity contribution >= 4 is 17.4 Å². The van der Waals surface area contributed by atoms with Gasteiger partial charge in [0.05, 0.1) is 11.5 Å². The van der Waals surface area contributed by atoms with E-state index in [0.29, 0.717) is 5.75 Å². The van der Waals surface area contributed by atoms with Gasteiger partial charge in [-0.25, -0.2) is 0 Å². The molecule has 0 aromatic heterocycles. The monoisotopic (exact) mass is 213 g/mol. The number of hydrogen-bond acceptors (Lipinski definition) is 4. The lowest BCUT2D eigenvalue weighted by Gasteiger charge is -2.01. The first kappa shape index (κ1) is 11.0. The summed E-state index contributed by atoms with van der Waals surface area (Å²) in [6, 6.07) is 4.92. The van der Waals surface area contributed by atoms with Crippen LogP contribution in [0.3, 0.4) is 0 Å². The summed E-state index contributed by atoms with van der Waals surface area (Å²) in [5, 5.41) is 19.1. The van der Waals surface area contributed by atoms with Crippen molar-refractivity contribution in [1.29, 1.82) is 0 Å². The molecule has 0 radical (unpaired) electrons. The van der Waals surface area contributed by atoms with Crippen LogP contribution in [0.1, 0.15) is 5.56 Å². The fraction of sp³-hybridized carbons (Fsp3) is 0.333. The van der Waals surface area contributed by atoms with E-state index in [1.165, 1.54) is 23.9 Å². The van der Waals surface area contributed by atoms with Crippen molar-refractivity contribution < 1.29 is 10.0 Å². The van der Waals surface area contributed by atoms with Gasteiger partial charge in [-0.05, 0) is 18.6 Å². The van der Waals surface area contributed by atoms with Crippen LogP contribution in [-0.4, -0.2) is 22.4 Å². The molecular weight excluding hydrogens is 202 g/mol. The maximum atomic E-state index is 10.5. The van der Waals surface area contributed by atoms with Crippen molar-refractivity contribution in [3.8, 4) is 0 Å². The number of non-ortho nitro benzene ring substituents is 1. The smallest absolute Gasteiger partial charge is 0.270 e. The summed E-state index contributed by atoms with van der Waals surface area (Å²) in [5.74, 6) is 0.556. The SMILES string of the molecule is Cc1cc(SCCO)cc([N+](=O)[O-])c1. The minimum absolute atomic E-state index is 0.0758. The summed E-state index contributed by atoms with van der Waals surface area (Å²) in [5.41, 5.74) is 0.963. The fourth-order valence-electron chi connectivity index (χ4n) is 1.08. The molecule has 0 aliphatic rings. The zero-order valence-electron chi connectivity index (χ0n) is 7.77. The van der Waals surface area contributed by atoms with E-state index in [1.807, 2.05) is 13.0 Å². The number of benzene rings is 1. The molecule has 1 aromatic carbocycles. The number of nitro groups is 1. The van der Waals surface area contributed by atoms with Gasteiger partial charge in [0.25, 0.3) is 5.69 Å². The van der Waals surface area contributed by atoms with Gasteiger partial charge >= 0.3 is 0 Å². The van der Waals surface area contributed by atoms with Crippen LogP contribution >= 0.6 is 11.8 Å². The molecule has 0 aliphatic carbocycles. The number of thioether (sulfide) groups is 1. The average Bonchev–Trinajstić information content (AvgIpc) is 2.14. The van der Waals surface area contributed by atoms with Crippen LogP contribution in [0.15, 0.2) is 23.1 Å². The highest BCUT2D eigenvalue weighted by Crippen LogP contribution is 2.24. The molecule has 0 bridgehead atoms. The average molecular weight is 213 g/mol.